The molecule has 0 saturated carbocycles. The fourth-order valence-corrected chi connectivity index (χ4v) is 1.09. The second kappa shape index (κ2) is 4.41. The second-order valence-electron chi connectivity index (χ2n) is 2.99. The van der Waals surface area contributed by atoms with Crippen LogP contribution in [0.2, 0.25) is 0 Å². The van der Waals surface area contributed by atoms with Crippen LogP contribution in [0.25, 0.3) is 0 Å². The minimum absolute atomic E-state index is 0.118. The number of phenolic OH excluding ortho intramolecular Hbond substituents is 2. The second-order valence-corrected chi connectivity index (χ2v) is 2.99. The van der Waals surface area contributed by atoms with E-state index in [4.69, 9.17) is 15.3 Å². The number of aliphatic carboxylic acids is 1. The molecule has 0 amide bonds. The van der Waals surface area contributed by atoms with Crippen LogP contribution in [0.5, 0.6) is 11.5 Å². The Morgan fingerprint density at radius 2 is 2.00 bits per heavy atom. The maximum absolute atomic E-state index is 10.5. The van der Waals surface area contributed by atoms with Crippen molar-refractivity contribution >= 4 is 5.97 Å². The van der Waals surface area contributed by atoms with Crippen molar-refractivity contribution in [1.29, 1.82) is 0 Å². The number of hydrogen-bond acceptors (Lipinski definition) is 5. The van der Waals surface area contributed by atoms with Crippen LogP contribution in [0.15, 0.2) is 23.4 Å². The third-order valence-electron chi connectivity index (χ3n) is 1.88. The molecule has 0 fully saturated rings. The standard InChI is InChI=1S/C9H9NO5/c11-7-2-1-5(4-8(7)12)3-6(10-15)9(13)14/h1-2,4,6,11-12H,3H2,(H,13,14). The van der Waals surface area contributed by atoms with Gasteiger partial charge in [0.15, 0.2) is 17.5 Å². The number of phenols is 2. The van der Waals surface area contributed by atoms with E-state index in [9.17, 15) is 9.70 Å². The predicted octanol–water partition coefficient (Wildman–Crippen LogP) is 0.860. The number of carboxylic acid groups (broad SMARTS) is 1. The Labute approximate surface area is 84.8 Å². The van der Waals surface area contributed by atoms with Crippen molar-refractivity contribution in [3.05, 3.63) is 28.7 Å². The average Bonchev–Trinajstić information content (AvgIpc) is 2.19. The number of aromatic hydroxyl groups is 2. The topological polar surface area (TPSA) is 107 Å². The third-order valence-corrected chi connectivity index (χ3v) is 1.88. The summed E-state index contributed by atoms with van der Waals surface area (Å²) in [5.41, 5.74) is 0.414. The predicted molar refractivity (Wildman–Crippen MR) is 50.7 cm³/mol. The van der Waals surface area contributed by atoms with E-state index in [0.29, 0.717) is 5.56 Å². The van der Waals surface area contributed by atoms with Gasteiger partial charge in [-0.05, 0) is 17.7 Å². The molecule has 1 aromatic rings. The van der Waals surface area contributed by atoms with E-state index in [-0.39, 0.29) is 17.9 Å². The van der Waals surface area contributed by atoms with Crippen LogP contribution in [0.1, 0.15) is 5.56 Å². The van der Waals surface area contributed by atoms with Crippen molar-refractivity contribution in [3.8, 4) is 11.5 Å². The van der Waals surface area contributed by atoms with Crippen LogP contribution in [-0.4, -0.2) is 27.3 Å². The zero-order valence-corrected chi connectivity index (χ0v) is 7.62. The lowest BCUT2D eigenvalue weighted by atomic mass is 10.1. The van der Waals surface area contributed by atoms with Gasteiger partial charge < -0.3 is 15.3 Å². The van der Waals surface area contributed by atoms with Crippen LogP contribution in [-0.2, 0) is 11.2 Å². The van der Waals surface area contributed by atoms with Crippen LogP contribution in [0.3, 0.4) is 0 Å². The Balaban J connectivity index is 2.84. The van der Waals surface area contributed by atoms with E-state index in [1.807, 2.05) is 0 Å². The lowest BCUT2D eigenvalue weighted by Gasteiger charge is -2.05. The highest BCUT2D eigenvalue weighted by Gasteiger charge is 2.18. The number of hydrogen-bond donors (Lipinski definition) is 3. The first-order chi connectivity index (χ1) is 7.04. The van der Waals surface area contributed by atoms with Gasteiger partial charge in [-0.15, -0.1) is 4.91 Å². The smallest absolute Gasteiger partial charge is 0.332 e. The van der Waals surface area contributed by atoms with Gasteiger partial charge in [0.1, 0.15) is 0 Å². The van der Waals surface area contributed by atoms with Gasteiger partial charge in [0, 0.05) is 6.42 Å². The molecule has 3 N–H and O–H groups in total. The van der Waals surface area contributed by atoms with Crippen LogP contribution >= 0.6 is 0 Å². The van der Waals surface area contributed by atoms with Gasteiger partial charge in [0.25, 0.3) is 0 Å². The SMILES string of the molecule is O=NC(Cc1ccc(O)c(O)c1)C(=O)O. The molecule has 6 nitrogen and oxygen atoms in total. The molecule has 0 aliphatic heterocycles. The van der Waals surface area contributed by atoms with Crippen molar-refractivity contribution in [2.24, 2.45) is 5.18 Å². The lowest BCUT2D eigenvalue weighted by Crippen LogP contribution is -2.19. The normalized spacial score (nSPS) is 12.0. The van der Waals surface area contributed by atoms with Crippen molar-refractivity contribution in [2.45, 2.75) is 12.5 Å². The van der Waals surface area contributed by atoms with Crippen molar-refractivity contribution in [1.82, 2.24) is 0 Å². The molecule has 0 spiro atoms. The third kappa shape index (κ3) is 2.67. The molecule has 6 heteroatoms. The molecule has 1 unspecified atom stereocenters. The number of carboxylic acids is 1. The van der Waals surface area contributed by atoms with Crippen LogP contribution < -0.4 is 0 Å². The van der Waals surface area contributed by atoms with Gasteiger partial charge in [-0.3, -0.25) is 0 Å². The largest absolute Gasteiger partial charge is 0.504 e. The molecule has 0 saturated heterocycles. The molecular weight excluding hydrogens is 202 g/mol. The number of nitroso groups, excluding NO2 is 1. The van der Waals surface area contributed by atoms with E-state index in [0.717, 1.165) is 0 Å². The van der Waals surface area contributed by atoms with E-state index >= 15 is 0 Å². The molecule has 0 aromatic heterocycles. The summed E-state index contributed by atoms with van der Waals surface area (Å²) < 4.78 is 0. The molecule has 0 radical (unpaired) electrons. The quantitative estimate of drug-likeness (QED) is 0.505. The van der Waals surface area contributed by atoms with Gasteiger partial charge in [0.05, 0.1) is 0 Å². The van der Waals surface area contributed by atoms with Gasteiger partial charge in [-0.2, -0.15) is 0 Å². The Morgan fingerprint density at radius 1 is 1.33 bits per heavy atom. The molecule has 80 valence electrons. The summed E-state index contributed by atoms with van der Waals surface area (Å²) in [6.45, 7) is 0. The summed E-state index contributed by atoms with van der Waals surface area (Å²) in [5, 5.41) is 29.1. The zero-order chi connectivity index (χ0) is 11.4. The van der Waals surface area contributed by atoms with Gasteiger partial charge in [-0.1, -0.05) is 11.2 Å². The molecular formula is C9H9NO5. The Morgan fingerprint density at radius 3 is 2.47 bits per heavy atom. The number of rotatable bonds is 4. The monoisotopic (exact) mass is 211 g/mol. The zero-order valence-electron chi connectivity index (χ0n) is 7.62. The molecule has 1 aromatic carbocycles. The maximum Gasteiger partial charge on any atom is 0.332 e. The van der Waals surface area contributed by atoms with Crippen LogP contribution in [0.4, 0.5) is 0 Å². The van der Waals surface area contributed by atoms with E-state index in [1.165, 1.54) is 18.2 Å². The summed E-state index contributed by atoms with van der Waals surface area (Å²) in [6.07, 6.45) is -0.118. The highest BCUT2D eigenvalue weighted by atomic mass is 16.4. The fraction of sp³-hybridized carbons (Fsp3) is 0.222. The van der Waals surface area contributed by atoms with E-state index in [2.05, 4.69) is 5.18 Å². The van der Waals surface area contributed by atoms with E-state index in [1.54, 1.807) is 0 Å². The van der Waals surface area contributed by atoms with Crippen molar-refractivity contribution in [2.75, 3.05) is 0 Å². The number of carbonyl (C=O) groups is 1. The molecule has 0 aliphatic rings. The Kier molecular flexibility index (Phi) is 3.22. The van der Waals surface area contributed by atoms with Gasteiger partial charge in [0.2, 0.25) is 0 Å². The highest BCUT2D eigenvalue weighted by Crippen LogP contribution is 2.25. The molecule has 1 rings (SSSR count). The summed E-state index contributed by atoms with van der Waals surface area (Å²) in [4.78, 5) is 20.6. The fourth-order valence-electron chi connectivity index (χ4n) is 1.09. The molecule has 0 heterocycles. The molecule has 15 heavy (non-hydrogen) atoms. The van der Waals surface area contributed by atoms with Gasteiger partial charge >= 0.3 is 5.97 Å². The first-order valence-electron chi connectivity index (χ1n) is 4.10. The molecule has 1 atom stereocenters. The maximum atomic E-state index is 10.5. The number of nitrogens with zero attached hydrogens (tertiary/aromatic N) is 1. The first kappa shape index (κ1) is 11.0. The lowest BCUT2D eigenvalue weighted by molar-refractivity contribution is -0.138. The van der Waals surface area contributed by atoms with Gasteiger partial charge in [-0.25, -0.2) is 4.79 Å². The minimum Gasteiger partial charge on any atom is -0.504 e. The summed E-state index contributed by atoms with van der Waals surface area (Å²) in [5.74, 6) is -1.98. The summed E-state index contributed by atoms with van der Waals surface area (Å²) in [6, 6.07) is 2.44. The summed E-state index contributed by atoms with van der Waals surface area (Å²) in [7, 11) is 0. The van der Waals surface area contributed by atoms with Crippen molar-refractivity contribution in [3.63, 3.8) is 0 Å². The minimum atomic E-state index is -1.38. The number of benzene rings is 1. The summed E-state index contributed by atoms with van der Waals surface area (Å²) >= 11 is 0. The van der Waals surface area contributed by atoms with Crippen molar-refractivity contribution < 1.29 is 20.1 Å². The average molecular weight is 211 g/mol. The van der Waals surface area contributed by atoms with E-state index < -0.39 is 12.0 Å². The Hall–Kier alpha value is -2.11. The molecule has 0 aliphatic carbocycles. The Bertz CT molecular complexity index is 390. The van der Waals surface area contributed by atoms with Crippen LogP contribution in [0, 0.1) is 4.91 Å². The first-order valence-corrected chi connectivity index (χ1v) is 4.10. The molecule has 0 bridgehead atoms. The highest BCUT2D eigenvalue weighted by molar-refractivity contribution is 5.74.